The van der Waals surface area contributed by atoms with Gasteiger partial charge in [0, 0.05) is 5.02 Å². The van der Waals surface area contributed by atoms with Crippen molar-refractivity contribution in [1.29, 1.82) is 5.26 Å². The monoisotopic (exact) mass is 342 g/mol. The van der Waals surface area contributed by atoms with Crippen LogP contribution in [-0.4, -0.2) is 11.4 Å². The summed E-state index contributed by atoms with van der Waals surface area (Å²) in [5.74, 6) is -0.216. The molecule has 0 radical (unpaired) electrons. The SMILES string of the molecule is CC(C)C(C)(C#N)NC(=O)C(Br)c1ccc(Cl)cc1. The molecule has 5 heteroatoms. The predicted octanol–water partition coefficient (Wildman–Crippen LogP) is 3.83. The van der Waals surface area contributed by atoms with E-state index in [1.807, 2.05) is 13.8 Å². The average Bonchev–Trinajstić information content (AvgIpc) is 2.38. The molecule has 2 atom stereocenters. The minimum Gasteiger partial charge on any atom is -0.337 e. The maximum Gasteiger partial charge on any atom is 0.239 e. The maximum atomic E-state index is 12.2. The quantitative estimate of drug-likeness (QED) is 0.845. The first kappa shape index (κ1) is 16.0. The van der Waals surface area contributed by atoms with Gasteiger partial charge in [-0.25, -0.2) is 0 Å². The fraction of sp³-hybridized carbons (Fsp3) is 0.429. The third-order valence-electron chi connectivity index (χ3n) is 3.16. The van der Waals surface area contributed by atoms with Crippen LogP contribution in [0.4, 0.5) is 0 Å². The van der Waals surface area contributed by atoms with Gasteiger partial charge in [0.1, 0.15) is 10.4 Å². The van der Waals surface area contributed by atoms with Gasteiger partial charge in [-0.05, 0) is 30.5 Å². The smallest absolute Gasteiger partial charge is 0.239 e. The number of nitrogens with zero attached hydrogens (tertiary/aromatic N) is 1. The van der Waals surface area contributed by atoms with Crippen LogP contribution in [0.3, 0.4) is 0 Å². The molecular formula is C14H16BrClN2O. The first-order valence-electron chi connectivity index (χ1n) is 5.93. The lowest BCUT2D eigenvalue weighted by atomic mass is 9.90. The zero-order chi connectivity index (χ0) is 14.6. The Morgan fingerprint density at radius 3 is 2.37 bits per heavy atom. The first-order chi connectivity index (χ1) is 8.80. The minimum atomic E-state index is -0.879. The summed E-state index contributed by atoms with van der Waals surface area (Å²) in [6.45, 7) is 5.52. The van der Waals surface area contributed by atoms with Crippen molar-refractivity contribution >= 4 is 33.4 Å². The molecule has 1 rings (SSSR count). The molecule has 0 fully saturated rings. The van der Waals surface area contributed by atoms with Gasteiger partial charge in [0.15, 0.2) is 0 Å². The van der Waals surface area contributed by atoms with Crippen LogP contribution >= 0.6 is 27.5 Å². The van der Waals surface area contributed by atoms with E-state index in [1.165, 1.54) is 0 Å². The zero-order valence-electron chi connectivity index (χ0n) is 11.1. The van der Waals surface area contributed by atoms with Gasteiger partial charge >= 0.3 is 0 Å². The number of carbonyl (C=O) groups excluding carboxylic acids is 1. The van der Waals surface area contributed by atoms with Gasteiger partial charge < -0.3 is 5.32 Å². The van der Waals surface area contributed by atoms with Crippen LogP contribution in [0.5, 0.6) is 0 Å². The van der Waals surface area contributed by atoms with Gasteiger partial charge in [-0.1, -0.05) is 53.5 Å². The molecule has 1 aromatic rings. The molecule has 0 bridgehead atoms. The van der Waals surface area contributed by atoms with Crippen LogP contribution in [0.25, 0.3) is 0 Å². The second-order valence-electron chi connectivity index (χ2n) is 4.87. The van der Waals surface area contributed by atoms with Gasteiger partial charge in [-0.3, -0.25) is 4.79 Å². The molecule has 1 N–H and O–H groups in total. The normalized spacial score (nSPS) is 15.4. The van der Waals surface area contributed by atoms with Crippen molar-refractivity contribution in [2.45, 2.75) is 31.1 Å². The number of hydrogen-bond acceptors (Lipinski definition) is 2. The lowest BCUT2D eigenvalue weighted by Crippen LogP contribution is -2.49. The molecule has 19 heavy (non-hydrogen) atoms. The first-order valence-corrected chi connectivity index (χ1v) is 7.22. The van der Waals surface area contributed by atoms with E-state index in [-0.39, 0.29) is 11.8 Å². The second kappa shape index (κ2) is 6.40. The van der Waals surface area contributed by atoms with Crippen LogP contribution in [0.1, 0.15) is 31.2 Å². The Balaban J connectivity index is 2.84. The molecule has 0 saturated carbocycles. The molecule has 102 valence electrons. The standard InChI is InChI=1S/C14H16BrClN2O/c1-9(2)14(3,8-17)18-13(19)12(15)10-4-6-11(16)7-5-10/h4-7,9,12H,1-3H3,(H,18,19). The van der Waals surface area contributed by atoms with Crippen molar-refractivity contribution < 1.29 is 4.79 Å². The van der Waals surface area contributed by atoms with E-state index in [0.717, 1.165) is 5.56 Å². The van der Waals surface area contributed by atoms with Crippen molar-refractivity contribution in [2.24, 2.45) is 5.92 Å². The maximum absolute atomic E-state index is 12.2. The van der Waals surface area contributed by atoms with Crippen molar-refractivity contribution in [3.05, 3.63) is 34.9 Å². The van der Waals surface area contributed by atoms with E-state index in [2.05, 4.69) is 27.3 Å². The number of nitrogens with one attached hydrogen (secondary N) is 1. The summed E-state index contributed by atoms with van der Waals surface area (Å²) in [6.07, 6.45) is 0. The van der Waals surface area contributed by atoms with Crippen molar-refractivity contribution in [3.8, 4) is 6.07 Å². The highest BCUT2D eigenvalue weighted by atomic mass is 79.9. The summed E-state index contributed by atoms with van der Waals surface area (Å²) >= 11 is 9.15. The number of benzene rings is 1. The van der Waals surface area contributed by atoms with E-state index in [1.54, 1.807) is 31.2 Å². The Morgan fingerprint density at radius 2 is 1.95 bits per heavy atom. The lowest BCUT2D eigenvalue weighted by Gasteiger charge is -2.28. The molecule has 1 aromatic carbocycles. The molecule has 0 spiro atoms. The van der Waals surface area contributed by atoms with E-state index < -0.39 is 10.4 Å². The van der Waals surface area contributed by atoms with Crippen molar-refractivity contribution in [3.63, 3.8) is 0 Å². The van der Waals surface area contributed by atoms with E-state index >= 15 is 0 Å². The Labute approximate surface area is 127 Å². The van der Waals surface area contributed by atoms with Gasteiger partial charge in [-0.2, -0.15) is 5.26 Å². The second-order valence-corrected chi connectivity index (χ2v) is 6.22. The van der Waals surface area contributed by atoms with E-state index in [9.17, 15) is 10.1 Å². The molecule has 0 heterocycles. The molecule has 2 unspecified atom stereocenters. The molecule has 0 aliphatic carbocycles. The van der Waals surface area contributed by atoms with Crippen LogP contribution in [0.15, 0.2) is 24.3 Å². The van der Waals surface area contributed by atoms with Gasteiger partial charge in [-0.15, -0.1) is 0 Å². The number of hydrogen-bond donors (Lipinski definition) is 1. The Hall–Kier alpha value is -1.05. The molecule has 3 nitrogen and oxygen atoms in total. The Kier molecular flexibility index (Phi) is 5.39. The number of alkyl halides is 1. The molecule has 0 aliphatic rings. The van der Waals surface area contributed by atoms with E-state index in [0.29, 0.717) is 5.02 Å². The summed E-state index contributed by atoms with van der Waals surface area (Å²) in [5, 5.41) is 12.6. The van der Waals surface area contributed by atoms with Crippen LogP contribution < -0.4 is 5.32 Å². The van der Waals surface area contributed by atoms with Crippen LogP contribution in [0.2, 0.25) is 5.02 Å². The predicted molar refractivity (Wildman–Crippen MR) is 80.1 cm³/mol. The van der Waals surface area contributed by atoms with Crippen LogP contribution in [-0.2, 0) is 4.79 Å². The van der Waals surface area contributed by atoms with Gasteiger partial charge in [0.05, 0.1) is 6.07 Å². The average molecular weight is 344 g/mol. The summed E-state index contributed by atoms with van der Waals surface area (Å²) < 4.78 is 0. The van der Waals surface area contributed by atoms with Gasteiger partial charge in [0.25, 0.3) is 0 Å². The molecule has 1 amide bonds. The molecule has 0 aliphatic heterocycles. The van der Waals surface area contributed by atoms with Crippen molar-refractivity contribution in [1.82, 2.24) is 5.32 Å². The summed E-state index contributed by atoms with van der Waals surface area (Å²) in [5.41, 5.74) is -0.0823. The molecule has 0 saturated heterocycles. The van der Waals surface area contributed by atoms with E-state index in [4.69, 9.17) is 11.6 Å². The highest BCUT2D eigenvalue weighted by Crippen LogP contribution is 2.26. The Morgan fingerprint density at radius 1 is 1.42 bits per heavy atom. The third kappa shape index (κ3) is 3.95. The largest absolute Gasteiger partial charge is 0.337 e. The van der Waals surface area contributed by atoms with Crippen LogP contribution in [0, 0.1) is 17.2 Å². The fourth-order valence-corrected chi connectivity index (χ4v) is 1.95. The minimum absolute atomic E-state index is 0.0198. The summed E-state index contributed by atoms with van der Waals surface area (Å²) in [4.78, 5) is 11.7. The fourth-order valence-electron chi connectivity index (χ4n) is 1.40. The summed E-state index contributed by atoms with van der Waals surface area (Å²) in [7, 11) is 0. The number of carbonyl (C=O) groups is 1. The highest BCUT2D eigenvalue weighted by molar-refractivity contribution is 9.09. The number of halogens is 2. The topological polar surface area (TPSA) is 52.9 Å². The van der Waals surface area contributed by atoms with Gasteiger partial charge in [0.2, 0.25) is 5.91 Å². The number of rotatable bonds is 4. The lowest BCUT2D eigenvalue weighted by molar-refractivity contribution is -0.122. The third-order valence-corrected chi connectivity index (χ3v) is 4.36. The van der Waals surface area contributed by atoms with Crippen molar-refractivity contribution in [2.75, 3.05) is 0 Å². The zero-order valence-corrected chi connectivity index (χ0v) is 13.4. The number of amides is 1. The molecular weight excluding hydrogens is 328 g/mol. The molecule has 0 aromatic heterocycles. The Bertz CT molecular complexity index is 495. The summed E-state index contributed by atoms with van der Waals surface area (Å²) in [6, 6.07) is 9.16. The highest BCUT2D eigenvalue weighted by Gasteiger charge is 2.32. The number of nitriles is 1.